The van der Waals surface area contributed by atoms with Crippen molar-refractivity contribution in [3.05, 3.63) is 30.6 Å². The molecule has 176 valence electrons. The fraction of sp³-hybridized carbons (Fsp3) is 0.500. The van der Waals surface area contributed by atoms with Crippen LogP contribution in [0.3, 0.4) is 0 Å². The van der Waals surface area contributed by atoms with Crippen molar-refractivity contribution in [1.29, 1.82) is 0 Å². The highest BCUT2D eigenvalue weighted by molar-refractivity contribution is 6.11. The zero-order valence-corrected chi connectivity index (χ0v) is 19.6. The molecule has 0 saturated carbocycles. The summed E-state index contributed by atoms with van der Waals surface area (Å²) < 4.78 is 5.51. The maximum atomic E-state index is 12.4. The molecule has 2 aliphatic rings. The van der Waals surface area contributed by atoms with Gasteiger partial charge in [0.25, 0.3) is 0 Å². The molecule has 0 bridgehead atoms. The lowest BCUT2D eigenvalue weighted by Crippen LogP contribution is -2.49. The number of pyridine rings is 1. The minimum Gasteiger partial charge on any atom is -0.444 e. The van der Waals surface area contributed by atoms with Crippen molar-refractivity contribution in [2.75, 3.05) is 36.5 Å². The molecule has 0 atom stereocenters. The van der Waals surface area contributed by atoms with Gasteiger partial charge in [0, 0.05) is 61.8 Å². The van der Waals surface area contributed by atoms with Crippen molar-refractivity contribution in [1.82, 2.24) is 15.2 Å². The summed E-state index contributed by atoms with van der Waals surface area (Å²) in [6, 6.07) is 5.72. The minimum atomic E-state index is -0.516. The normalized spacial score (nSPS) is 17.8. The smallest absolute Gasteiger partial charge is 0.410 e. The Kier molecular flexibility index (Phi) is 6.14. The lowest BCUT2D eigenvalue weighted by molar-refractivity contribution is -0.120. The second-order valence-corrected chi connectivity index (χ2v) is 9.60. The van der Waals surface area contributed by atoms with Crippen LogP contribution in [0, 0.1) is 0 Å². The van der Waals surface area contributed by atoms with Gasteiger partial charge in [0.2, 0.25) is 5.91 Å². The molecule has 0 aliphatic carbocycles. The van der Waals surface area contributed by atoms with Gasteiger partial charge in [-0.2, -0.15) is 0 Å². The summed E-state index contributed by atoms with van der Waals surface area (Å²) >= 11 is 0. The number of urea groups is 1. The quantitative estimate of drug-likeness (QED) is 0.764. The van der Waals surface area contributed by atoms with Crippen LogP contribution in [0.1, 0.15) is 40.0 Å². The first-order valence-electron chi connectivity index (χ1n) is 11.3. The van der Waals surface area contributed by atoms with Crippen molar-refractivity contribution in [3.8, 4) is 0 Å². The van der Waals surface area contributed by atoms with Crippen LogP contribution >= 0.6 is 0 Å². The molecule has 0 unspecified atom stereocenters. The highest BCUT2D eigenvalue weighted by Crippen LogP contribution is 2.34. The molecule has 9 heteroatoms. The number of rotatable bonds is 3. The number of piperidine rings is 1. The Balaban J connectivity index is 1.52. The van der Waals surface area contributed by atoms with E-state index in [2.05, 4.69) is 21.3 Å². The highest BCUT2D eigenvalue weighted by Gasteiger charge is 2.30. The first-order valence-corrected chi connectivity index (χ1v) is 11.3. The van der Waals surface area contributed by atoms with Crippen LogP contribution in [-0.2, 0) is 9.53 Å². The third-order valence-electron chi connectivity index (χ3n) is 6.14. The van der Waals surface area contributed by atoms with Gasteiger partial charge in [-0.1, -0.05) is 12.1 Å². The third-order valence-corrected chi connectivity index (χ3v) is 6.14. The number of anilines is 2. The zero-order valence-electron chi connectivity index (χ0n) is 19.6. The fourth-order valence-corrected chi connectivity index (χ4v) is 4.43. The van der Waals surface area contributed by atoms with E-state index >= 15 is 0 Å². The molecule has 0 spiro atoms. The van der Waals surface area contributed by atoms with Crippen LogP contribution in [0.4, 0.5) is 21.0 Å². The highest BCUT2D eigenvalue weighted by atomic mass is 16.6. The number of carbonyl (C=O) groups excluding carboxylic acids is 3. The van der Waals surface area contributed by atoms with E-state index in [1.165, 1.54) is 0 Å². The minimum absolute atomic E-state index is 0.120. The zero-order chi connectivity index (χ0) is 23.8. The van der Waals surface area contributed by atoms with Gasteiger partial charge in [-0.3, -0.25) is 20.0 Å². The van der Waals surface area contributed by atoms with Gasteiger partial charge >= 0.3 is 12.1 Å². The van der Waals surface area contributed by atoms with Crippen molar-refractivity contribution < 1.29 is 19.1 Å². The molecule has 2 saturated heterocycles. The topological polar surface area (TPSA) is 95.1 Å². The Morgan fingerprint density at radius 1 is 1.09 bits per heavy atom. The second kappa shape index (κ2) is 8.88. The molecule has 0 radical (unpaired) electrons. The van der Waals surface area contributed by atoms with E-state index in [1.54, 1.807) is 23.0 Å². The fourth-order valence-electron chi connectivity index (χ4n) is 4.43. The van der Waals surface area contributed by atoms with E-state index in [9.17, 15) is 14.4 Å². The van der Waals surface area contributed by atoms with E-state index in [1.807, 2.05) is 39.1 Å². The molecule has 3 heterocycles. The standard InChI is InChI=1S/C24H31N5O4/c1-24(2,3)33-23(32)27(4)16-8-11-28(12-9-16)19-7-5-6-17-18(19)14-25-15-20(17)29-13-10-21(30)26-22(29)31/h5-7,14-16H,8-13H2,1-4H3,(H,26,30,31). The lowest BCUT2D eigenvalue weighted by atomic mass is 10.0. The molecule has 2 aliphatic heterocycles. The monoisotopic (exact) mass is 453 g/mol. The van der Waals surface area contributed by atoms with Crippen LogP contribution in [0.5, 0.6) is 0 Å². The predicted octanol–water partition coefficient (Wildman–Crippen LogP) is 3.52. The van der Waals surface area contributed by atoms with Gasteiger partial charge < -0.3 is 14.5 Å². The van der Waals surface area contributed by atoms with Crippen LogP contribution < -0.4 is 15.1 Å². The number of hydrogen-bond acceptors (Lipinski definition) is 6. The number of nitrogens with one attached hydrogen (secondary N) is 1. The van der Waals surface area contributed by atoms with E-state index in [4.69, 9.17) is 4.74 Å². The summed E-state index contributed by atoms with van der Waals surface area (Å²) in [5.74, 6) is -0.260. The first kappa shape index (κ1) is 22.8. The van der Waals surface area contributed by atoms with Crippen molar-refractivity contribution in [2.45, 2.75) is 51.7 Å². The average Bonchev–Trinajstić information content (AvgIpc) is 2.77. The van der Waals surface area contributed by atoms with Crippen molar-refractivity contribution >= 4 is 40.2 Å². The third kappa shape index (κ3) is 4.86. The van der Waals surface area contributed by atoms with E-state index < -0.39 is 11.6 Å². The van der Waals surface area contributed by atoms with Gasteiger partial charge in [-0.15, -0.1) is 0 Å². The number of benzene rings is 1. The van der Waals surface area contributed by atoms with Gasteiger partial charge in [0.05, 0.1) is 11.9 Å². The number of hydrogen-bond donors (Lipinski definition) is 1. The molecule has 2 fully saturated rings. The van der Waals surface area contributed by atoms with Crippen LogP contribution in [0.15, 0.2) is 30.6 Å². The van der Waals surface area contributed by atoms with Crippen molar-refractivity contribution in [2.24, 2.45) is 0 Å². The van der Waals surface area contributed by atoms with Gasteiger partial charge in [-0.05, 0) is 39.7 Å². The Labute approximate surface area is 193 Å². The first-order chi connectivity index (χ1) is 15.6. The summed E-state index contributed by atoms with van der Waals surface area (Å²) in [5, 5.41) is 4.25. The maximum absolute atomic E-state index is 12.4. The van der Waals surface area contributed by atoms with Crippen LogP contribution in [0.2, 0.25) is 0 Å². The summed E-state index contributed by atoms with van der Waals surface area (Å²) in [5.41, 5.74) is 1.23. The summed E-state index contributed by atoms with van der Waals surface area (Å²) in [7, 11) is 1.80. The van der Waals surface area contributed by atoms with E-state index in [-0.39, 0.29) is 24.5 Å². The number of carbonyl (C=O) groups is 3. The molecule has 2 aromatic rings. The molecule has 4 rings (SSSR count). The summed E-state index contributed by atoms with van der Waals surface area (Å²) in [4.78, 5) is 46.4. The molecule has 9 nitrogen and oxygen atoms in total. The van der Waals surface area contributed by atoms with Gasteiger partial charge in [0.15, 0.2) is 0 Å². The number of nitrogens with zero attached hydrogens (tertiary/aromatic N) is 4. The Hall–Kier alpha value is -3.36. The lowest BCUT2D eigenvalue weighted by Gasteiger charge is -2.38. The molecule has 1 N–H and O–H groups in total. The predicted molar refractivity (Wildman–Crippen MR) is 126 cm³/mol. The Bertz CT molecular complexity index is 1070. The van der Waals surface area contributed by atoms with Gasteiger partial charge in [0.1, 0.15) is 5.60 Å². The number of aromatic nitrogens is 1. The van der Waals surface area contributed by atoms with Crippen molar-refractivity contribution in [3.63, 3.8) is 0 Å². The number of ether oxygens (including phenoxy) is 1. The number of amides is 4. The molecular formula is C24H31N5O4. The Morgan fingerprint density at radius 3 is 2.48 bits per heavy atom. The SMILES string of the molecule is CN(C(=O)OC(C)(C)C)C1CCN(c2cccc3c(N4CCC(=O)NC4=O)cncc23)CC1. The van der Waals surface area contributed by atoms with Gasteiger partial charge in [-0.25, -0.2) is 9.59 Å². The number of imide groups is 1. The molecule has 4 amide bonds. The molecular weight excluding hydrogens is 422 g/mol. The maximum Gasteiger partial charge on any atom is 0.410 e. The summed E-state index contributed by atoms with van der Waals surface area (Å²) in [6.07, 6.45) is 5.12. The van der Waals surface area contributed by atoms with E-state index in [0.717, 1.165) is 42.4 Å². The second-order valence-electron chi connectivity index (χ2n) is 9.60. The van der Waals surface area contributed by atoms with Crippen LogP contribution in [0.25, 0.3) is 10.8 Å². The number of fused-ring (bicyclic) bond motifs is 1. The molecule has 33 heavy (non-hydrogen) atoms. The molecule has 1 aromatic carbocycles. The van der Waals surface area contributed by atoms with Crippen LogP contribution in [-0.4, -0.2) is 66.2 Å². The largest absolute Gasteiger partial charge is 0.444 e. The summed E-state index contributed by atoms with van der Waals surface area (Å²) in [6.45, 7) is 7.53. The molecule has 1 aromatic heterocycles. The van der Waals surface area contributed by atoms with E-state index in [0.29, 0.717) is 12.2 Å². The average molecular weight is 454 g/mol. The Morgan fingerprint density at radius 2 is 1.82 bits per heavy atom.